The minimum atomic E-state index is -3.45. The molecule has 1 saturated heterocycles. The fraction of sp³-hybridized carbons (Fsp3) is 0.400. The standard InChI is InChI=1S/C20H26N2O2S.ClH/c1-16-3-7-18(8-4-16)25(23,24)19-9-5-17(6-10-19)13-22-12-11-20(2,14-21)15-22;/h3-10H,11-15,21H2,1-2H3;1H. The molecule has 26 heavy (non-hydrogen) atoms. The Labute approximate surface area is 162 Å². The first-order valence-electron chi connectivity index (χ1n) is 8.66. The molecule has 1 heterocycles. The van der Waals surface area contributed by atoms with Crippen LogP contribution in [0.3, 0.4) is 0 Å². The monoisotopic (exact) mass is 394 g/mol. The highest BCUT2D eigenvalue weighted by Gasteiger charge is 2.32. The van der Waals surface area contributed by atoms with Crippen LogP contribution < -0.4 is 5.73 Å². The molecule has 0 aliphatic carbocycles. The number of hydrogen-bond acceptors (Lipinski definition) is 4. The topological polar surface area (TPSA) is 63.4 Å². The Morgan fingerprint density at radius 2 is 1.58 bits per heavy atom. The first kappa shape index (κ1) is 20.9. The lowest BCUT2D eigenvalue weighted by molar-refractivity contribution is 0.274. The summed E-state index contributed by atoms with van der Waals surface area (Å²) in [5, 5.41) is 0. The van der Waals surface area contributed by atoms with Gasteiger partial charge in [-0.2, -0.15) is 0 Å². The van der Waals surface area contributed by atoms with E-state index in [0.29, 0.717) is 16.3 Å². The summed E-state index contributed by atoms with van der Waals surface area (Å²) in [5.74, 6) is 0. The number of rotatable bonds is 5. The highest BCUT2D eigenvalue weighted by Crippen LogP contribution is 2.29. The molecule has 0 saturated carbocycles. The molecule has 0 amide bonds. The van der Waals surface area contributed by atoms with Crippen LogP contribution in [-0.2, 0) is 16.4 Å². The van der Waals surface area contributed by atoms with Crippen molar-refractivity contribution in [3.63, 3.8) is 0 Å². The van der Waals surface area contributed by atoms with E-state index in [1.807, 2.05) is 31.2 Å². The van der Waals surface area contributed by atoms with Crippen molar-refractivity contribution in [2.75, 3.05) is 19.6 Å². The maximum Gasteiger partial charge on any atom is 0.206 e. The molecule has 1 atom stereocenters. The second kappa shape index (κ2) is 8.09. The summed E-state index contributed by atoms with van der Waals surface area (Å²) < 4.78 is 25.4. The Morgan fingerprint density at radius 1 is 1.04 bits per heavy atom. The predicted molar refractivity (Wildman–Crippen MR) is 107 cm³/mol. The summed E-state index contributed by atoms with van der Waals surface area (Å²) in [7, 11) is -3.45. The first-order chi connectivity index (χ1) is 11.8. The number of nitrogens with zero attached hydrogens (tertiary/aromatic N) is 1. The smallest absolute Gasteiger partial charge is 0.206 e. The van der Waals surface area contributed by atoms with E-state index >= 15 is 0 Å². The number of benzene rings is 2. The van der Waals surface area contributed by atoms with Gasteiger partial charge in [-0.25, -0.2) is 8.42 Å². The van der Waals surface area contributed by atoms with Crippen molar-refractivity contribution >= 4 is 22.2 Å². The third-order valence-electron chi connectivity index (χ3n) is 5.10. The molecule has 1 aliphatic heterocycles. The molecule has 1 unspecified atom stereocenters. The maximum absolute atomic E-state index is 12.7. The van der Waals surface area contributed by atoms with Gasteiger partial charge in [0.05, 0.1) is 9.79 Å². The van der Waals surface area contributed by atoms with Crippen LogP contribution in [0.1, 0.15) is 24.5 Å². The Hall–Kier alpha value is -1.40. The Morgan fingerprint density at radius 3 is 2.08 bits per heavy atom. The van der Waals surface area contributed by atoms with Gasteiger partial charge in [-0.05, 0) is 61.7 Å². The molecule has 142 valence electrons. The zero-order valence-corrected chi connectivity index (χ0v) is 16.9. The van der Waals surface area contributed by atoms with E-state index in [1.54, 1.807) is 24.3 Å². The van der Waals surface area contributed by atoms with Gasteiger partial charge in [0, 0.05) is 13.1 Å². The van der Waals surface area contributed by atoms with Gasteiger partial charge in [-0.1, -0.05) is 36.8 Å². The van der Waals surface area contributed by atoms with Crippen LogP contribution in [0.15, 0.2) is 58.3 Å². The van der Waals surface area contributed by atoms with Crippen LogP contribution >= 0.6 is 12.4 Å². The van der Waals surface area contributed by atoms with Crippen molar-refractivity contribution in [2.24, 2.45) is 11.1 Å². The van der Waals surface area contributed by atoms with Crippen molar-refractivity contribution in [2.45, 2.75) is 36.6 Å². The summed E-state index contributed by atoms with van der Waals surface area (Å²) in [6.07, 6.45) is 1.11. The van der Waals surface area contributed by atoms with Crippen molar-refractivity contribution in [1.29, 1.82) is 0 Å². The number of aryl methyl sites for hydroxylation is 1. The highest BCUT2D eigenvalue weighted by atomic mass is 35.5. The summed E-state index contributed by atoms with van der Waals surface area (Å²) in [6, 6.07) is 14.2. The summed E-state index contributed by atoms with van der Waals surface area (Å²) in [6.45, 7) is 7.74. The second-order valence-electron chi connectivity index (χ2n) is 7.44. The van der Waals surface area contributed by atoms with E-state index in [1.165, 1.54) is 0 Å². The van der Waals surface area contributed by atoms with Gasteiger partial charge in [0.2, 0.25) is 9.84 Å². The second-order valence-corrected chi connectivity index (χ2v) is 9.39. The van der Waals surface area contributed by atoms with E-state index < -0.39 is 9.84 Å². The van der Waals surface area contributed by atoms with Crippen molar-refractivity contribution in [3.05, 3.63) is 59.7 Å². The number of halogens is 1. The SMILES string of the molecule is Cc1ccc(S(=O)(=O)c2ccc(CN3CCC(C)(CN)C3)cc2)cc1.Cl. The summed E-state index contributed by atoms with van der Waals surface area (Å²) in [5.41, 5.74) is 8.24. The van der Waals surface area contributed by atoms with Crippen LogP contribution in [0.5, 0.6) is 0 Å². The third-order valence-corrected chi connectivity index (χ3v) is 6.89. The third kappa shape index (κ3) is 4.46. The molecular formula is C20H27ClN2O2S. The Kier molecular flexibility index (Phi) is 6.51. The fourth-order valence-corrected chi connectivity index (χ4v) is 4.57. The van der Waals surface area contributed by atoms with Gasteiger partial charge in [0.25, 0.3) is 0 Å². The largest absolute Gasteiger partial charge is 0.330 e. The quantitative estimate of drug-likeness (QED) is 0.843. The van der Waals surface area contributed by atoms with E-state index in [2.05, 4.69) is 11.8 Å². The van der Waals surface area contributed by atoms with Crippen LogP contribution in [-0.4, -0.2) is 33.0 Å². The molecule has 4 nitrogen and oxygen atoms in total. The molecule has 0 bridgehead atoms. The molecule has 2 N–H and O–H groups in total. The van der Waals surface area contributed by atoms with Gasteiger partial charge in [0.1, 0.15) is 0 Å². The van der Waals surface area contributed by atoms with E-state index in [4.69, 9.17) is 5.73 Å². The molecule has 2 aromatic carbocycles. The van der Waals surface area contributed by atoms with Gasteiger partial charge in [-0.3, -0.25) is 4.90 Å². The van der Waals surface area contributed by atoms with Crippen LogP contribution in [0, 0.1) is 12.3 Å². The van der Waals surface area contributed by atoms with Gasteiger partial charge < -0.3 is 5.73 Å². The zero-order valence-electron chi connectivity index (χ0n) is 15.3. The minimum Gasteiger partial charge on any atom is -0.330 e. The summed E-state index contributed by atoms with van der Waals surface area (Å²) in [4.78, 5) is 3.06. The van der Waals surface area contributed by atoms with Gasteiger partial charge >= 0.3 is 0 Å². The zero-order chi connectivity index (χ0) is 18.1. The van der Waals surface area contributed by atoms with Gasteiger partial charge in [0.15, 0.2) is 0 Å². The average molecular weight is 395 g/mol. The lowest BCUT2D eigenvalue weighted by Crippen LogP contribution is -2.31. The van der Waals surface area contributed by atoms with Crippen molar-refractivity contribution in [3.8, 4) is 0 Å². The number of hydrogen-bond donors (Lipinski definition) is 1. The van der Waals surface area contributed by atoms with Gasteiger partial charge in [-0.15, -0.1) is 12.4 Å². The van der Waals surface area contributed by atoms with E-state index in [9.17, 15) is 8.42 Å². The summed E-state index contributed by atoms with van der Waals surface area (Å²) >= 11 is 0. The minimum absolute atomic E-state index is 0. The number of nitrogens with two attached hydrogens (primary N) is 1. The Balaban J connectivity index is 0.00000243. The molecule has 0 radical (unpaired) electrons. The predicted octanol–water partition coefficient (Wildman–Crippen LogP) is 3.42. The molecule has 6 heteroatoms. The number of likely N-dealkylation sites (tertiary alicyclic amines) is 1. The lowest BCUT2D eigenvalue weighted by Gasteiger charge is -2.22. The van der Waals surface area contributed by atoms with Crippen molar-refractivity contribution < 1.29 is 8.42 Å². The number of sulfone groups is 1. The molecular weight excluding hydrogens is 368 g/mol. The van der Waals surface area contributed by atoms with E-state index in [0.717, 1.165) is 37.2 Å². The van der Waals surface area contributed by atoms with Crippen LogP contribution in [0.2, 0.25) is 0 Å². The van der Waals surface area contributed by atoms with E-state index in [-0.39, 0.29) is 17.8 Å². The first-order valence-corrected chi connectivity index (χ1v) is 10.1. The van der Waals surface area contributed by atoms with Crippen LogP contribution in [0.25, 0.3) is 0 Å². The maximum atomic E-state index is 12.7. The fourth-order valence-electron chi connectivity index (χ4n) is 3.31. The normalized spacial score (nSPS) is 20.7. The highest BCUT2D eigenvalue weighted by molar-refractivity contribution is 7.91. The molecule has 0 aromatic heterocycles. The Bertz CT molecular complexity index is 835. The molecule has 0 spiro atoms. The lowest BCUT2D eigenvalue weighted by atomic mass is 9.90. The average Bonchev–Trinajstić information content (AvgIpc) is 2.97. The van der Waals surface area contributed by atoms with Crippen molar-refractivity contribution in [1.82, 2.24) is 4.90 Å². The molecule has 2 aromatic rings. The molecule has 1 fully saturated rings. The molecule has 3 rings (SSSR count). The molecule has 1 aliphatic rings. The van der Waals surface area contributed by atoms with Crippen LogP contribution in [0.4, 0.5) is 0 Å².